The normalized spacial score (nSPS) is 13.4. The summed E-state index contributed by atoms with van der Waals surface area (Å²) in [6.45, 7) is 0.845. The molecule has 0 atom stereocenters. The number of benzene rings is 2. The molecule has 0 fully saturated rings. The van der Waals surface area contributed by atoms with Crippen LogP contribution in [0.3, 0.4) is 0 Å². The number of anilines is 1. The first-order chi connectivity index (χ1) is 13.7. The van der Waals surface area contributed by atoms with E-state index in [9.17, 15) is 9.59 Å². The Bertz CT molecular complexity index is 971. The van der Waals surface area contributed by atoms with Gasteiger partial charge in [-0.1, -0.05) is 30.3 Å². The lowest BCUT2D eigenvalue weighted by Gasteiger charge is -2.22. The van der Waals surface area contributed by atoms with E-state index in [1.165, 1.54) is 0 Å². The predicted molar refractivity (Wildman–Crippen MR) is 109 cm³/mol. The lowest BCUT2D eigenvalue weighted by molar-refractivity contribution is -0.115. The van der Waals surface area contributed by atoms with Crippen molar-refractivity contribution >= 4 is 29.3 Å². The van der Waals surface area contributed by atoms with E-state index in [1.54, 1.807) is 29.0 Å². The zero-order valence-electron chi connectivity index (χ0n) is 15.3. The van der Waals surface area contributed by atoms with Crippen molar-refractivity contribution in [1.82, 2.24) is 4.90 Å². The van der Waals surface area contributed by atoms with Gasteiger partial charge in [0.05, 0.1) is 18.5 Å². The first-order valence-corrected chi connectivity index (χ1v) is 10.1. The topological polar surface area (TPSA) is 62.6 Å². The van der Waals surface area contributed by atoms with Gasteiger partial charge in [-0.2, -0.15) is 0 Å². The van der Waals surface area contributed by atoms with Gasteiger partial charge in [0.2, 0.25) is 5.91 Å². The molecule has 0 saturated heterocycles. The monoisotopic (exact) mass is 392 g/mol. The van der Waals surface area contributed by atoms with Gasteiger partial charge in [0.1, 0.15) is 5.76 Å². The molecule has 0 aliphatic carbocycles. The van der Waals surface area contributed by atoms with Crippen LogP contribution in [-0.2, 0) is 17.9 Å². The number of nitrogens with one attached hydrogen (secondary N) is 1. The molecule has 142 valence electrons. The fourth-order valence-corrected chi connectivity index (χ4v) is 4.07. The first-order valence-electron chi connectivity index (χ1n) is 9.11. The molecule has 1 aliphatic heterocycles. The second kappa shape index (κ2) is 8.35. The number of rotatable bonds is 5. The molecule has 1 N–H and O–H groups in total. The number of nitrogens with zero attached hydrogens (tertiary/aromatic N) is 1. The molecular formula is C22H20N2O3S. The van der Waals surface area contributed by atoms with Crippen LogP contribution in [0.4, 0.5) is 5.69 Å². The number of hydrogen-bond donors (Lipinski definition) is 1. The molecule has 0 saturated carbocycles. The van der Waals surface area contributed by atoms with E-state index in [-0.39, 0.29) is 11.8 Å². The highest BCUT2D eigenvalue weighted by Crippen LogP contribution is 2.32. The third kappa shape index (κ3) is 4.28. The van der Waals surface area contributed by atoms with Crippen LogP contribution in [0.1, 0.15) is 28.1 Å². The molecule has 5 nitrogen and oxygen atoms in total. The number of furan rings is 1. The van der Waals surface area contributed by atoms with Gasteiger partial charge in [0, 0.05) is 29.2 Å². The molecule has 3 aromatic rings. The highest BCUT2D eigenvalue weighted by atomic mass is 32.2. The summed E-state index contributed by atoms with van der Waals surface area (Å²) in [7, 11) is 0. The fraction of sp³-hybridized carbons (Fsp3) is 0.182. The van der Waals surface area contributed by atoms with E-state index >= 15 is 0 Å². The van der Waals surface area contributed by atoms with Gasteiger partial charge in [-0.05, 0) is 35.9 Å². The van der Waals surface area contributed by atoms with E-state index < -0.39 is 0 Å². The summed E-state index contributed by atoms with van der Waals surface area (Å²) in [5.74, 6) is 1.34. The van der Waals surface area contributed by atoms with Crippen LogP contribution >= 0.6 is 11.8 Å². The minimum atomic E-state index is -0.105. The second-order valence-electron chi connectivity index (χ2n) is 6.58. The number of thioether (sulfide) groups is 1. The number of carbonyl (C=O) groups excluding carboxylic acids is 2. The van der Waals surface area contributed by atoms with Crippen molar-refractivity contribution in [2.45, 2.75) is 24.4 Å². The third-order valence-corrected chi connectivity index (χ3v) is 5.59. The Labute approximate surface area is 167 Å². The van der Waals surface area contributed by atoms with E-state index in [0.29, 0.717) is 30.8 Å². The van der Waals surface area contributed by atoms with Crippen molar-refractivity contribution < 1.29 is 14.0 Å². The quantitative estimate of drug-likeness (QED) is 0.692. The van der Waals surface area contributed by atoms with Crippen LogP contribution in [0.25, 0.3) is 0 Å². The molecule has 1 aromatic heterocycles. The molecule has 6 heteroatoms. The Morgan fingerprint density at radius 1 is 1.07 bits per heavy atom. The van der Waals surface area contributed by atoms with Gasteiger partial charge in [-0.25, -0.2) is 0 Å². The largest absolute Gasteiger partial charge is 0.467 e. The van der Waals surface area contributed by atoms with Gasteiger partial charge in [-0.3, -0.25) is 9.59 Å². The van der Waals surface area contributed by atoms with Crippen molar-refractivity contribution in [2.75, 3.05) is 11.1 Å². The molecule has 0 unspecified atom stereocenters. The van der Waals surface area contributed by atoms with Crippen molar-refractivity contribution in [3.63, 3.8) is 0 Å². The van der Waals surface area contributed by atoms with Crippen LogP contribution in [0.15, 0.2) is 76.2 Å². The second-order valence-corrected chi connectivity index (χ2v) is 7.72. The molecule has 1 aliphatic rings. The Kier molecular flexibility index (Phi) is 5.48. The van der Waals surface area contributed by atoms with Crippen molar-refractivity contribution in [3.05, 3.63) is 83.8 Å². The Balaban J connectivity index is 1.62. The van der Waals surface area contributed by atoms with E-state index in [2.05, 4.69) is 5.32 Å². The molecule has 0 spiro atoms. The highest BCUT2D eigenvalue weighted by molar-refractivity contribution is 7.99. The van der Waals surface area contributed by atoms with E-state index in [0.717, 1.165) is 22.0 Å². The Morgan fingerprint density at radius 2 is 1.93 bits per heavy atom. The van der Waals surface area contributed by atoms with Crippen LogP contribution in [-0.4, -0.2) is 22.5 Å². The molecule has 2 aromatic carbocycles. The lowest BCUT2D eigenvalue weighted by atomic mass is 10.1. The summed E-state index contributed by atoms with van der Waals surface area (Å²) < 4.78 is 5.45. The summed E-state index contributed by atoms with van der Waals surface area (Å²) in [5, 5.41) is 2.90. The minimum Gasteiger partial charge on any atom is -0.467 e. The number of carbonyl (C=O) groups is 2. The SMILES string of the molecule is O=C1CCSc2ccc(C(=O)N(Cc3ccccc3)Cc3ccco3)cc2N1. The Morgan fingerprint density at radius 3 is 2.71 bits per heavy atom. The molecule has 4 rings (SSSR count). The van der Waals surface area contributed by atoms with Crippen molar-refractivity contribution in [2.24, 2.45) is 0 Å². The highest BCUT2D eigenvalue weighted by Gasteiger charge is 2.21. The molecule has 2 amide bonds. The zero-order valence-corrected chi connectivity index (χ0v) is 16.1. The van der Waals surface area contributed by atoms with E-state index in [1.807, 2.05) is 54.6 Å². The van der Waals surface area contributed by atoms with Crippen LogP contribution < -0.4 is 5.32 Å². The third-order valence-electron chi connectivity index (χ3n) is 4.52. The standard InChI is InChI=1S/C22H20N2O3S/c25-21-10-12-28-20-9-8-17(13-19(20)23-21)22(26)24(15-18-7-4-11-27-18)14-16-5-2-1-3-6-16/h1-9,11,13H,10,12,14-15H2,(H,23,25). The molecule has 0 bridgehead atoms. The molecule has 0 radical (unpaired) electrons. The van der Waals surface area contributed by atoms with E-state index in [4.69, 9.17) is 4.42 Å². The number of amides is 2. The van der Waals surface area contributed by atoms with Crippen LogP contribution in [0.2, 0.25) is 0 Å². The minimum absolute atomic E-state index is 0.0208. The Hall–Kier alpha value is -2.99. The van der Waals surface area contributed by atoms with Crippen LogP contribution in [0.5, 0.6) is 0 Å². The summed E-state index contributed by atoms with van der Waals surface area (Å²) in [5.41, 5.74) is 2.29. The first kappa shape index (κ1) is 18.4. The number of fused-ring (bicyclic) bond motifs is 1. The maximum Gasteiger partial charge on any atom is 0.254 e. The van der Waals surface area contributed by atoms with Crippen LogP contribution in [0, 0.1) is 0 Å². The van der Waals surface area contributed by atoms with Crippen molar-refractivity contribution in [1.29, 1.82) is 0 Å². The van der Waals surface area contributed by atoms with Crippen molar-refractivity contribution in [3.8, 4) is 0 Å². The molecule has 28 heavy (non-hydrogen) atoms. The average molecular weight is 392 g/mol. The summed E-state index contributed by atoms with van der Waals surface area (Å²) in [6.07, 6.45) is 2.08. The maximum absolute atomic E-state index is 13.3. The molecular weight excluding hydrogens is 372 g/mol. The average Bonchev–Trinajstić information content (AvgIpc) is 3.14. The predicted octanol–water partition coefficient (Wildman–Crippen LogP) is 4.56. The summed E-state index contributed by atoms with van der Waals surface area (Å²) in [6, 6.07) is 19.0. The molecule has 2 heterocycles. The summed E-state index contributed by atoms with van der Waals surface area (Å²) >= 11 is 1.63. The fourth-order valence-electron chi connectivity index (χ4n) is 3.13. The van der Waals surface area contributed by atoms with Gasteiger partial charge >= 0.3 is 0 Å². The smallest absolute Gasteiger partial charge is 0.254 e. The number of hydrogen-bond acceptors (Lipinski definition) is 4. The summed E-state index contributed by atoms with van der Waals surface area (Å²) in [4.78, 5) is 27.9. The van der Waals surface area contributed by atoms with Gasteiger partial charge in [0.15, 0.2) is 0 Å². The van der Waals surface area contributed by atoms with Gasteiger partial charge in [-0.15, -0.1) is 11.8 Å². The van der Waals surface area contributed by atoms with Gasteiger partial charge in [0.25, 0.3) is 5.91 Å². The maximum atomic E-state index is 13.3. The lowest BCUT2D eigenvalue weighted by Crippen LogP contribution is -2.30. The van der Waals surface area contributed by atoms with Gasteiger partial charge < -0.3 is 14.6 Å². The zero-order chi connectivity index (χ0) is 19.3.